The number of halogens is 1. The lowest BCUT2D eigenvalue weighted by Crippen LogP contribution is -2.29. The van der Waals surface area contributed by atoms with Crippen LogP contribution in [0.5, 0.6) is 0 Å². The summed E-state index contributed by atoms with van der Waals surface area (Å²) in [5, 5.41) is 11.1. The first-order chi connectivity index (χ1) is 11.5. The number of hydrogen-bond acceptors (Lipinski definition) is 4. The van der Waals surface area contributed by atoms with Gasteiger partial charge in [-0.05, 0) is 37.6 Å². The third-order valence-electron chi connectivity index (χ3n) is 4.15. The zero-order chi connectivity index (χ0) is 17.1. The molecule has 2 heterocycles. The van der Waals surface area contributed by atoms with Crippen LogP contribution in [-0.4, -0.2) is 26.5 Å². The van der Waals surface area contributed by atoms with E-state index in [1.54, 1.807) is 0 Å². The number of ketones is 1. The fourth-order valence-electron chi connectivity index (χ4n) is 2.88. The molecule has 1 amide bonds. The standard InChI is InChI=1S/C17H19FN4O2/c1-11(17-21-20-15-3-2-10-22(15)17)19-16(24)9-8-14(23)12-4-6-13(18)7-5-12/h4-7,11H,2-3,8-10H2,1H3,(H,19,24)/t11-/m0/s1. The number of nitrogens with zero attached hydrogens (tertiary/aromatic N) is 3. The minimum atomic E-state index is -0.390. The average molecular weight is 330 g/mol. The van der Waals surface area contributed by atoms with Crippen LogP contribution in [0.15, 0.2) is 24.3 Å². The zero-order valence-corrected chi connectivity index (χ0v) is 13.5. The Labute approximate surface area is 139 Å². The second-order valence-electron chi connectivity index (χ2n) is 5.95. The first kappa shape index (κ1) is 16.3. The Hall–Kier alpha value is -2.57. The van der Waals surface area contributed by atoms with Crippen LogP contribution in [0.2, 0.25) is 0 Å². The number of aromatic nitrogens is 3. The molecular formula is C17H19FN4O2. The molecule has 1 aromatic heterocycles. The zero-order valence-electron chi connectivity index (χ0n) is 13.5. The molecule has 24 heavy (non-hydrogen) atoms. The van der Waals surface area contributed by atoms with Gasteiger partial charge in [0.15, 0.2) is 11.6 Å². The van der Waals surface area contributed by atoms with Gasteiger partial charge < -0.3 is 9.88 Å². The van der Waals surface area contributed by atoms with E-state index in [-0.39, 0.29) is 36.4 Å². The van der Waals surface area contributed by atoms with Crippen molar-refractivity contribution in [1.82, 2.24) is 20.1 Å². The lowest BCUT2D eigenvalue weighted by Gasteiger charge is -2.13. The lowest BCUT2D eigenvalue weighted by atomic mass is 10.1. The molecule has 1 atom stereocenters. The van der Waals surface area contributed by atoms with E-state index >= 15 is 0 Å². The summed E-state index contributed by atoms with van der Waals surface area (Å²) in [6.07, 6.45) is 2.13. The van der Waals surface area contributed by atoms with Crippen LogP contribution in [0.4, 0.5) is 4.39 Å². The molecule has 0 spiro atoms. The highest BCUT2D eigenvalue weighted by atomic mass is 19.1. The average Bonchev–Trinajstić information content (AvgIpc) is 3.16. The van der Waals surface area contributed by atoms with Crippen molar-refractivity contribution in [2.24, 2.45) is 0 Å². The van der Waals surface area contributed by atoms with Gasteiger partial charge in [-0.15, -0.1) is 10.2 Å². The van der Waals surface area contributed by atoms with Crippen molar-refractivity contribution in [3.05, 3.63) is 47.3 Å². The van der Waals surface area contributed by atoms with Crippen LogP contribution in [-0.2, 0) is 17.8 Å². The number of carbonyl (C=O) groups excluding carboxylic acids is 2. The van der Waals surface area contributed by atoms with Crippen LogP contribution in [0, 0.1) is 5.82 Å². The quantitative estimate of drug-likeness (QED) is 0.824. The smallest absolute Gasteiger partial charge is 0.221 e. The first-order valence-corrected chi connectivity index (χ1v) is 8.04. The molecule has 1 aliphatic rings. The molecule has 0 radical (unpaired) electrons. The first-order valence-electron chi connectivity index (χ1n) is 8.04. The third kappa shape index (κ3) is 3.50. The molecule has 1 aliphatic heterocycles. The maximum absolute atomic E-state index is 12.8. The van der Waals surface area contributed by atoms with Crippen molar-refractivity contribution < 1.29 is 14.0 Å². The Bertz CT molecular complexity index is 754. The molecule has 0 aliphatic carbocycles. The van der Waals surface area contributed by atoms with E-state index in [0.29, 0.717) is 5.56 Å². The Morgan fingerprint density at radius 3 is 2.75 bits per heavy atom. The molecule has 0 bridgehead atoms. The highest BCUT2D eigenvalue weighted by molar-refractivity contribution is 5.97. The van der Waals surface area contributed by atoms with Gasteiger partial charge in [-0.2, -0.15) is 0 Å². The summed E-state index contributed by atoms with van der Waals surface area (Å²) >= 11 is 0. The summed E-state index contributed by atoms with van der Waals surface area (Å²) in [7, 11) is 0. The Morgan fingerprint density at radius 2 is 2.00 bits per heavy atom. The highest BCUT2D eigenvalue weighted by Gasteiger charge is 2.22. The number of hydrogen-bond donors (Lipinski definition) is 1. The van der Waals surface area contributed by atoms with Gasteiger partial charge in [0.1, 0.15) is 11.6 Å². The second-order valence-corrected chi connectivity index (χ2v) is 5.95. The van der Waals surface area contributed by atoms with E-state index in [2.05, 4.69) is 15.5 Å². The summed E-state index contributed by atoms with van der Waals surface area (Å²) in [4.78, 5) is 24.1. The minimum absolute atomic E-state index is 0.0849. The van der Waals surface area contributed by atoms with Gasteiger partial charge in [0.05, 0.1) is 6.04 Å². The Morgan fingerprint density at radius 1 is 1.25 bits per heavy atom. The SMILES string of the molecule is C[C@H](NC(=O)CCC(=O)c1ccc(F)cc1)c1nnc2n1CCC2. The monoisotopic (exact) mass is 330 g/mol. The summed E-state index contributed by atoms with van der Waals surface area (Å²) in [6.45, 7) is 2.73. The van der Waals surface area contributed by atoms with Crippen molar-refractivity contribution in [3.8, 4) is 0 Å². The molecule has 1 N–H and O–H groups in total. The van der Waals surface area contributed by atoms with Crippen LogP contribution in [0.25, 0.3) is 0 Å². The van der Waals surface area contributed by atoms with Gasteiger partial charge in [-0.3, -0.25) is 9.59 Å². The van der Waals surface area contributed by atoms with E-state index in [4.69, 9.17) is 0 Å². The molecule has 7 heteroatoms. The molecule has 2 aromatic rings. The summed E-state index contributed by atoms with van der Waals surface area (Å²) < 4.78 is 14.9. The molecule has 1 aromatic carbocycles. The molecule has 126 valence electrons. The van der Waals surface area contributed by atoms with Crippen LogP contribution >= 0.6 is 0 Å². The summed E-state index contributed by atoms with van der Waals surface area (Å²) in [5.41, 5.74) is 0.410. The van der Waals surface area contributed by atoms with Crippen LogP contribution in [0.3, 0.4) is 0 Å². The molecule has 6 nitrogen and oxygen atoms in total. The molecule has 0 saturated heterocycles. The van der Waals surface area contributed by atoms with Crippen molar-refractivity contribution in [1.29, 1.82) is 0 Å². The van der Waals surface area contributed by atoms with E-state index in [0.717, 1.165) is 31.0 Å². The van der Waals surface area contributed by atoms with Crippen molar-refractivity contribution >= 4 is 11.7 Å². The van der Waals surface area contributed by atoms with E-state index in [9.17, 15) is 14.0 Å². The van der Waals surface area contributed by atoms with Gasteiger partial charge >= 0.3 is 0 Å². The number of fused-ring (bicyclic) bond motifs is 1. The normalized spacial score (nSPS) is 14.2. The molecule has 3 rings (SSSR count). The van der Waals surface area contributed by atoms with E-state index in [1.807, 2.05) is 11.5 Å². The van der Waals surface area contributed by atoms with Crippen LogP contribution in [0.1, 0.15) is 54.2 Å². The second kappa shape index (κ2) is 6.90. The van der Waals surface area contributed by atoms with Crippen LogP contribution < -0.4 is 5.32 Å². The number of benzene rings is 1. The number of rotatable bonds is 6. The number of Topliss-reactive ketones (excluding diaryl/α,β-unsaturated/α-hetero) is 1. The van der Waals surface area contributed by atoms with E-state index < -0.39 is 0 Å². The lowest BCUT2D eigenvalue weighted by molar-refractivity contribution is -0.121. The summed E-state index contributed by atoms with van der Waals surface area (Å²) in [6, 6.07) is 5.08. The van der Waals surface area contributed by atoms with Gasteiger partial charge in [0.2, 0.25) is 5.91 Å². The molecular weight excluding hydrogens is 311 g/mol. The predicted molar refractivity (Wildman–Crippen MR) is 84.9 cm³/mol. The van der Waals surface area contributed by atoms with Crippen molar-refractivity contribution in [2.75, 3.05) is 0 Å². The maximum Gasteiger partial charge on any atom is 0.221 e. The van der Waals surface area contributed by atoms with Gasteiger partial charge in [-0.1, -0.05) is 0 Å². The van der Waals surface area contributed by atoms with Crippen molar-refractivity contribution in [3.63, 3.8) is 0 Å². The molecule has 0 fully saturated rings. The largest absolute Gasteiger partial charge is 0.346 e. The number of amides is 1. The van der Waals surface area contributed by atoms with E-state index in [1.165, 1.54) is 24.3 Å². The maximum atomic E-state index is 12.8. The number of carbonyl (C=O) groups is 2. The molecule has 0 saturated carbocycles. The Balaban J connectivity index is 1.52. The fourth-order valence-corrected chi connectivity index (χ4v) is 2.88. The third-order valence-corrected chi connectivity index (χ3v) is 4.15. The topological polar surface area (TPSA) is 76.9 Å². The minimum Gasteiger partial charge on any atom is -0.346 e. The van der Waals surface area contributed by atoms with Gasteiger partial charge in [0, 0.05) is 31.4 Å². The van der Waals surface area contributed by atoms with Gasteiger partial charge in [-0.25, -0.2) is 4.39 Å². The van der Waals surface area contributed by atoms with Crippen molar-refractivity contribution in [2.45, 2.75) is 45.2 Å². The fraction of sp³-hybridized carbons (Fsp3) is 0.412. The summed E-state index contributed by atoms with van der Waals surface area (Å²) in [5.74, 6) is 0.923. The number of aryl methyl sites for hydroxylation is 1. The predicted octanol–water partition coefficient (Wildman–Crippen LogP) is 2.20. The highest BCUT2D eigenvalue weighted by Crippen LogP contribution is 2.19. The Kier molecular flexibility index (Phi) is 4.69. The molecule has 0 unspecified atom stereocenters. The number of nitrogens with one attached hydrogen (secondary N) is 1. The van der Waals surface area contributed by atoms with Gasteiger partial charge in [0.25, 0.3) is 0 Å².